The van der Waals surface area contributed by atoms with Gasteiger partial charge in [-0.15, -0.1) is 0 Å². The van der Waals surface area contributed by atoms with Crippen molar-refractivity contribution in [2.45, 2.75) is 58.6 Å². The van der Waals surface area contributed by atoms with Crippen LogP contribution in [-0.2, 0) is 16.1 Å². The fourth-order valence-corrected chi connectivity index (χ4v) is 6.46. The predicted molar refractivity (Wildman–Crippen MR) is 126 cm³/mol. The molecule has 0 radical (unpaired) electrons. The molecule has 0 aromatic heterocycles. The molecular weight excluding hydrogens is 418 g/mol. The zero-order chi connectivity index (χ0) is 23.6. The number of allylic oxidation sites excluding steroid dienone is 1. The molecule has 0 amide bonds. The summed E-state index contributed by atoms with van der Waals surface area (Å²) < 4.78 is 16.8. The molecular formula is C27H40NO5+. The fraction of sp³-hybridized carbons (Fsp3) is 0.667. The molecule has 6 unspecified atom stereocenters. The Balaban J connectivity index is 1.54. The first-order chi connectivity index (χ1) is 15.9. The fourth-order valence-electron chi connectivity index (χ4n) is 6.46. The van der Waals surface area contributed by atoms with Crippen molar-refractivity contribution < 1.29 is 29.0 Å². The Kier molecular flexibility index (Phi) is 7.34. The summed E-state index contributed by atoms with van der Waals surface area (Å²) in [7, 11) is 3.28. The molecule has 1 saturated heterocycles. The Morgan fingerprint density at radius 2 is 2.03 bits per heavy atom. The number of aliphatic hydroxyl groups is 1. The standard InChI is InChI=1S/C27H39NO5/c1-18-7-5-10-27(2)15-25-20(14-22(18)27)21(26(30)33-25)17-28(11-6-12-29)16-19-8-9-23(31-3)24(13-19)32-4/h8-9,13-14,18,20-21,25,29H,5-7,10-12,15-17H2,1-4H3/p+1. The van der Waals surface area contributed by atoms with E-state index in [-0.39, 0.29) is 35.9 Å². The molecule has 1 aromatic carbocycles. The van der Waals surface area contributed by atoms with Crippen molar-refractivity contribution in [3.05, 3.63) is 35.4 Å². The lowest BCUT2D eigenvalue weighted by Crippen LogP contribution is -3.11. The minimum Gasteiger partial charge on any atom is -0.493 e. The Morgan fingerprint density at radius 3 is 2.76 bits per heavy atom. The molecule has 0 spiro atoms. The molecule has 2 N–H and O–H groups in total. The first-order valence-corrected chi connectivity index (χ1v) is 12.5. The van der Waals surface area contributed by atoms with Gasteiger partial charge in [0.1, 0.15) is 18.6 Å². The molecule has 6 heteroatoms. The van der Waals surface area contributed by atoms with Gasteiger partial charge < -0.3 is 24.2 Å². The van der Waals surface area contributed by atoms with Crippen molar-refractivity contribution in [1.29, 1.82) is 0 Å². The maximum atomic E-state index is 13.0. The predicted octanol–water partition coefficient (Wildman–Crippen LogP) is 2.79. The number of ether oxygens (including phenoxy) is 3. The van der Waals surface area contributed by atoms with Crippen LogP contribution in [0.15, 0.2) is 29.8 Å². The number of aliphatic hydroxyl groups excluding tert-OH is 1. The van der Waals surface area contributed by atoms with Crippen molar-refractivity contribution in [3.63, 3.8) is 0 Å². The molecule has 1 heterocycles. The topological polar surface area (TPSA) is 69.4 Å². The van der Waals surface area contributed by atoms with Crippen LogP contribution >= 0.6 is 0 Å². The molecule has 1 aromatic rings. The number of carbonyl (C=O) groups excluding carboxylic acids is 1. The Morgan fingerprint density at radius 1 is 1.24 bits per heavy atom. The van der Waals surface area contributed by atoms with Gasteiger partial charge in [-0.05, 0) is 48.8 Å². The summed E-state index contributed by atoms with van der Waals surface area (Å²) in [6.45, 7) is 7.12. The van der Waals surface area contributed by atoms with Crippen molar-refractivity contribution in [2.24, 2.45) is 23.2 Å². The van der Waals surface area contributed by atoms with Gasteiger partial charge >= 0.3 is 5.97 Å². The SMILES string of the molecule is COc1ccc(C[NH+](CCCO)CC2C(=O)OC3CC4(C)CCCC(C)C4=CC32)cc1OC. The second-order valence-electron chi connectivity index (χ2n) is 10.5. The van der Waals surface area contributed by atoms with Crippen LogP contribution in [0.3, 0.4) is 0 Å². The van der Waals surface area contributed by atoms with E-state index in [9.17, 15) is 9.90 Å². The first-order valence-electron chi connectivity index (χ1n) is 12.5. The smallest absolute Gasteiger partial charge is 0.315 e. The highest BCUT2D eigenvalue weighted by atomic mass is 16.6. The van der Waals surface area contributed by atoms with E-state index in [1.54, 1.807) is 19.8 Å². The molecule has 33 heavy (non-hydrogen) atoms. The molecule has 0 bridgehead atoms. The van der Waals surface area contributed by atoms with Gasteiger partial charge in [0.2, 0.25) is 0 Å². The minimum absolute atomic E-state index is 0.00159. The Labute approximate surface area is 197 Å². The van der Waals surface area contributed by atoms with E-state index in [0.29, 0.717) is 30.4 Å². The number of benzene rings is 1. The quantitative estimate of drug-likeness (QED) is 0.440. The van der Waals surface area contributed by atoms with Gasteiger partial charge in [0, 0.05) is 24.5 Å². The Hall–Kier alpha value is -2.05. The third-order valence-electron chi connectivity index (χ3n) is 8.18. The maximum absolute atomic E-state index is 13.0. The molecule has 3 aliphatic rings. The van der Waals surface area contributed by atoms with Crippen molar-refractivity contribution >= 4 is 5.97 Å². The zero-order valence-corrected chi connectivity index (χ0v) is 20.6. The number of hydrogen-bond donors (Lipinski definition) is 2. The molecule has 182 valence electrons. The van der Waals surface area contributed by atoms with Crippen LogP contribution in [0.1, 0.15) is 51.5 Å². The highest BCUT2D eigenvalue weighted by molar-refractivity contribution is 5.76. The summed E-state index contributed by atoms with van der Waals surface area (Å²) in [4.78, 5) is 14.3. The van der Waals surface area contributed by atoms with E-state index in [1.165, 1.54) is 24.2 Å². The largest absolute Gasteiger partial charge is 0.493 e. The summed E-state index contributed by atoms with van der Waals surface area (Å²) in [5.74, 6) is 1.99. The molecule has 6 atom stereocenters. The highest BCUT2D eigenvalue weighted by Crippen LogP contribution is 2.53. The lowest BCUT2D eigenvalue weighted by Gasteiger charge is -2.46. The molecule has 4 rings (SSSR count). The second kappa shape index (κ2) is 10.1. The zero-order valence-electron chi connectivity index (χ0n) is 20.6. The number of hydrogen-bond acceptors (Lipinski definition) is 5. The van der Waals surface area contributed by atoms with Crippen LogP contribution in [0.4, 0.5) is 0 Å². The average Bonchev–Trinajstić information content (AvgIpc) is 3.09. The van der Waals surface area contributed by atoms with E-state index in [1.807, 2.05) is 18.2 Å². The molecule has 2 aliphatic carbocycles. The maximum Gasteiger partial charge on any atom is 0.315 e. The van der Waals surface area contributed by atoms with Crippen LogP contribution in [-0.4, -0.2) is 51.1 Å². The van der Waals surface area contributed by atoms with E-state index in [2.05, 4.69) is 19.9 Å². The van der Waals surface area contributed by atoms with Gasteiger partial charge in [0.05, 0.1) is 27.3 Å². The molecule has 2 fully saturated rings. The molecule has 1 aliphatic heterocycles. The van der Waals surface area contributed by atoms with Crippen molar-refractivity contribution in [2.75, 3.05) is 33.9 Å². The second-order valence-corrected chi connectivity index (χ2v) is 10.5. The normalized spacial score (nSPS) is 31.8. The summed E-state index contributed by atoms with van der Waals surface area (Å²) >= 11 is 0. The number of carbonyl (C=O) groups is 1. The van der Waals surface area contributed by atoms with Crippen LogP contribution in [0, 0.1) is 23.2 Å². The highest BCUT2D eigenvalue weighted by Gasteiger charge is 2.52. The van der Waals surface area contributed by atoms with Crippen LogP contribution in [0.25, 0.3) is 0 Å². The van der Waals surface area contributed by atoms with Crippen LogP contribution in [0.2, 0.25) is 0 Å². The van der Waals surface area contributed by atoms with Gasteiger partial charge in [-0.1, -0.05) is 31.9 Å². The summed E-state index contributed by atoms with van der Waals surface area (Å²) in [6.07, 6.45) is 7.78. The van der Waals surface area contributed by atoms with Gasteiger partial charge in [-0.3, -0.25) is 4.79 Å². The Bertz CT molecular complexity index is 883. The number of rotatable bonds is 9. The average molecular weight is 459 g/mol. The van der Waals surface area contributed by atoms with Gasteiger partial charge in [0.25, 0.3) is 0 Å². The number of esters is 1. The number of nitrogens with one attached hydrogen (secondary N) is 1. The van der Waals surface area contributed by atoms with Gasteiger partial charge in [-0.2, -0.15) is 0 Å². The lowest BCUT2D eigenvalue weighted by atomic mass is 9.59. The number of methoxy groups -OCH3 is 2. The van der Waals surface area contributed by atoms with Crippen molar-refractivity contribution in [3.8, 4) is 11.5 Å². The van der Waals surface area contributed by atoms with E-state index in [0.717, 1.165) is 25.1 Å². The van der Waals surface area contributed by atoms with E-state index in [4.69, 9.17) is 14.2 Å². The molecule has 6 nitrogen and oxygen atoms in total. The monoisotopic (exact) mass is 458 g/mol. The first kappa shape index (κ1) is 24.1. The number of quaternary nitrogens is 1. The third kappa shape index (κ3) is 4.92. The molecule has 1 saturated carbocycles. The summed E-state index contributed by atoms with van der Waals surface area (Å²) in [5, 5.41) is 9.47. The lowest BCUT2D eigenvalue weighted by molar-refractivity contribution is -0.916. The summed E-state index contributed by atoms with van der Waals surface area (Å²) in [6, 6.07) is 5.98. The third-order valence-corrected chi connectivity index (χ3v) is 8.18. The van der Waals surface area contributed by atoms with E-state index >= 15 is 0 Å². The van der Waals surface area contributed by atoms with Gasteiger partial charge in [0.15, 0.2) is 11.5 Å². The van der Waals surface area contributed by atoms with Crippen LogP contribution < -0.4 is 14.4 Å². The van der Waals surface area contributed by atoms with Gasteiger partial charge in [-0.25, -0.2) is 0 Å². The number of fused-ring (bicyclic) bond motifs is 2. The minimum atomic E-state index is -0.130. The van der Waals surface area contributed by atoms with Crippen LogP contribution in [0.5, 0.6) is 11.5 Å². The van der Waals surface area contributed by atoms with Crippen molar-refractivity contribution in [1.82, 2.24) is 0 Å². The van der Waals surface area contributed by atoms with E-state index < -0.39 is 0 Å². The summed E-state index contributed by atoms with van der Waals surface area (Å²) in [5.41, 5.74) is 2.85.